The van der Waals surface area contributed by atoms with Gasteiger partial charge in [-0.25, -0.2) is 0 Å². The summed E-state index contributed by atoms with van der Waals surface area (Å²) in [6.45, 7) is 3.51. The fourth-order valence-corrected chi connectivity index (χ4v) is 0.549. The van der Waals surface area contributed by atoms with E-state index in [0.717, 1.165) is 12.7 Å². The number of aldehydes is 1. The number of carbonyl (C=O) groups excluding carboxylic acids is 1. The highest BCUT2D eigenvalue weighted by molar-refractivity contribution is 5.56. The maximum atomic E-state index is 10.00. The van der Waals surface area contributed by atoms with Crippen LogP contribution in [0.3, 0.4) is 0 Å². The van der Waals surface area contributed by atoms with Gasteiger partial charge in [0.25, 0.3) is 0 Å². The molecule has 2 N–H and O–H groups in total. The van der Waals surface area contributed by atoms with E-state index in [9.17, 15) is 4.79 Å². The largest absolute Gasteiger partial charge is 0.322 e. The second-order valence-electron chi connectivity index (χ2n) is 2.04. The standard InChI is InChI=1S/C8H13NO/c1-2-3-4-5-6-8(9)7-10/h2-4,7-8H,1,5-6,9H2/b4-3+. The summed E-state index contributed by atoms with van der Waals surface area (Å²) in [7, 11) is 0. The van der Waals surface area contributed by atoms with E-state index in [2.05, 4.69) is 6.58 Å². The Morgan fingerprint density at radius 2 is 2.30 bits per heavy atom. The molecule has 0 aromatic heterocycles. The Bertz CT molecular complexity index is 129. The molecule has 56 valence electrons. The molecule has 0 aliphatic rings. The van der Waals surface area contributed by atoms with E-state index < -0.39 is 0 Å². The molecular weight excluding hydrogens is 126 g/mol. The van der Waals surface area contributed by atoms with Crippen LogP contribution in [0.25, 0.3) is 0 Å². The van der Waals surface area contributed by atoms with Crippen LogP contribution in [-0.2, 0) is 4.79 Å². The number of nitrogens with two attached hydrogens (primary N) is 1. The van der Waals surface area contributed by atoms with Crippen molar-refractivity contribution in [2.45, 2.75) is 18.9 Å². The zero-order chi connectivity index (χ0) is 7.82. The van der Waals surface area contributed by atoms with Crippen LogP contribution in [0.4, 0.5) is 0 Å². The SMILES string of the molecule is C=C/C=C/CCC(N)C=O. The molecular formula is C8H13NO. The minimum absolute atomic E-state index is 0.311. The normalized spacial score (nSPS) is 13.3. The summed E-state index contributed by atoms with van der Waals surface area (Å²) in [6.07, 6.45) is 7.81. The molecule has 0 saturated heterocycles. The van der Waals surface area contributed by atoms with E-state index in [-0.39, 0.29) is 6.04 Å². The lowest BCUT2D eigenvalue weighted by molar-refractivity contribution is -0.109. The highest BCUT2D eigenvalue weighted by Gasteiger charge is 1.94. The van der Waals surface area contributed by atoms with E-state index >= 15 is 0 Å². The molecule has 2 nitrogen and oxygen atoms in total. The van der Waals surface area contributed by atoms with Crippen LogP contribution >= 0.6 is 0 Å². The van der Waals surface area contributed by atoms with Gasteiger partial charge >= 0.3 is 0 Å². The highest BCUT2D eigenvalue weighted by Crippen LogP contribution is 1.92. The number of carbonyl (C=O) groups is 1. The predicted molar refractivity (Wildman–Crippen MR) is 42.6 cm³/mol. The van der Waals surface area contributed by atoms with Crippen molar-refractivity contribution in [1.82, 2.24) is 0 Å². The fraction of sp³-hybridized carbons (Fsp3) is 0.375. The zero-order valence-corrected chi connectivity index (χ0v) is 5.99. The first-order valence-corrected chi connectivity index (χ1v) is 3.29. The summed E-state index contributed by atoms with van der Waals surface area (Å²) in [5, 5.41) is 0. The molecule has 1 unspecified atom stereocenters. The molecule has 0 amide bonds. The molecule has 0 bridgehead atoms. The summed E-state index contributed by atoms with van der Waals surface area (Å²) in [5.74, 6) is 0. The van der Waals surface area contributed by atoms with Gasteiger partial charge in [-0.2, -0.15) is 0 Å². The van der Waals surface area contributed by atoms with Crippen LogP contribution in [0.1, 0.15) is 12.8 Å². The van der Waals surface area contributed by atoms with Gasteiger partial charge in [0.15, 0.2) is 0 Å². The third-order valence-corrected chi connectivity index (χ3v) is 1.11. The first-order valence-electron chi connectivity index (χ1n) is 3.29. The third kappa shape index (κ3) is 5.25. The van der Waals surface area contributed by atoms with Gasteiger partial charge in [-0.3, -0.25) is 0 Å². The van der Waals surface area contributed by atoms with E-state index in [1.54, 1.807) is 6.08 Å². The summed E-state index contributed by atoms with van der Waals surface area (Å²) < 4.78 is 0. The van der Waals surface area contributed by atoms with E-state index in [0.29, 0.717) is 6.42 Å². The molecule has 0 radical (unpaired) electrons. The molecule has 0 spiro atoms. The maximum absolute atomic E-state index is 10.00. The molecule has 0 aromatic carbocycles. The highest BCUT2D eigenvalue weighted by atomic mass is 16.1. The van der Waals surface area contributed by atoms with Gasteiger partial charge in [0.05, 0.1) is 6.04 Å². The molecule has 0 aromatic rings. The summed E-state index contributed by atoms with van der Waals surface area (Å²) >= 11 is 0. The van der Waals surface area contributed by atoms with Gasteiger partial charge in [0, 0.05) is 0 Å². The lowest BCUT2D eigenvalue weighted by atomic mass is 10.2. The average Bonchev–Trinajstić information content (AvgIpc) is 1.98. The van der Waals surface area contributed by atoms with Gasteiger partial charge < -0.3 is 10.5 Å². The van der Waals surface area contributed by atoms with Gasteiger partial charge in [-0.1, -0.05) is 24.8 Å². The summed E-state index contributed by atoms with van der Waals surface area (Å²) in [5.41, 5.74) is 5.33. The Morgan fingerprint density at radius 3 is 2.80 bits per heavy atom. The first-order chi connectivity index (χ1) is 4.81. The smallest absolute Gasteiger partial charge is 0.136 e. The second-order valence-corrected chi connectivity index (χ2v) is 2.04. The zero-order valence-electron chi connectivity index (χ0n) is 5.99. The van der Waals surface area contributed by atoms with Crippen molar-refractivity contribution in [2.24, 2.45) is 5.73 Å². The number of hydrogen-bond donors (Lipinski definition) is 1. The molecule has 10 heavy (non-hydrogen) atoms. The van der Waals surface area contributed by atoms with Crippen LogP contribution in [0, 0.1) is 0 Å². The van der Waals surface area contributed by atoms with Crippen molar-refractivity contribution < 1.29 is 4.79 Å². The Hall–Kier alpha value is -0.890. The number of allylic oxidation sites excluding steroid dienone is 3. The average molecular weight is 139 g/mol. The van der Waals surface area contributed by atoms with E-state index in [1.807, 2.05) is 12.2 Å². The molecule has 1 atom stereocenters. The summed E-state index contributed by atoms with van der Waals surface area (Å²) in [6, 6.07) is -0.311. The lowest BCUT2D eigenvalue weighted by Gasteiger charge is -1.97. The Labute approximate surface area is 61.4 Å². The van der Waals surface area contributed by atoms with Gasteiger partial charge in [-0.15, -0.1) is 0 Å². The molecule has 0 aliphatic heterocycles. The van der Waals surface area contributed by atoms with Crippen molar-refractivity contribution in [3.63, 3.8) is 0 Å². The van der Waals surface area contributed by atoms with E-state index in [4.69, 9.17) is 5.73 Å². The predicted octanol–water partition coefficient (Wildman–Crippen LogP) is 1.03. The molecule has 0 rings (SSSR count). The monoisotopic (exact) mass is 139 g/mol. The molecule has 0 saturated carbocycles. The van der Waals surface area contributed by atoms with Crippen LogP contribution in [0.15, 0.2) is 24.8 Å². The van der Waals surface area contributed by atoms with Crippen molar-refractivity contribution in [1.29, 1.82) is 0 Å². The number of rotatable bonds is 5. The maximum Gasteiger partial charge on any atom is 0.136 e. The lowest BCUT2D eigenvalue weighted by Crippen LogP contribution is -2.20. The minimum atomic E-state index is -0.311. The molecule has 0 aliphatic carbocycles. The van der Waals surface area contributed by atoms with Crippen LogP contribution in [0.5, 0.6) is 0 Å². The van der Waals surface area contributed by atoms with Crippen molar-refractivity contribution in [3.8, 4) is 0 Å². The molecule has 0 fully saturated rings. The van der Waals surface area contributed by atoms with Crippen molar-refractivity contribution in [2.75, 3.05) is 0 Å². The van der Waals surface area contributed by atoms with Gasteiger partial charge in [-0.05, 0) is 12.8 Å². The van der Waals surface area contributed by atoms with Crippen LogP contribution in [0.2, 0.25) is 0 Å². The topological polar surface area (TPSA) is 43.1 Å². The Morgan fingerprint density at radius 1 is 1.60 bits per heavy atom. The fourth-order valence-electron chi connectivity index (χ4n) is 0.549. The molecule has 2 heteroatoms. The third-order valence-electron chi connectivity index (χ3n) is 1.11. The number of hydrogen-bond acceptors (Lipinski definition) is 2. The van der Waals surface area contributed by atoms with Gasteiger partial charge in [0.1, 0.15) is 6.29 Å². The Kier molecular flexibility index (Phi) is 5.68. The minimum Gasteiger partial charge on any atom is -0.322 e. The van der Waals surface area contributed by atoms with Crippen LogP contribution in [-0.4, -0.2) is 12.3 Å². The summed E-state index contributed by atoms with van der Waals surface area (Å²) in [4.78, 5) is 10.00. The van der Waals surface area contributed by atoms with Crippen LogP contribution < -0.4 is 5.73 Å². The second kappa shape index (κ2) is 6.23. The first kappa shape index (κ1) is 9.11. The van der Waals surface area contributed by atoms with E-state index in [1.165, 1.54) is 0 Å². The quantitative estimate of drug-likeness (QED) is 0.456. The van der Waals surface area contributed by atoms with Gasteiger partial charge in [0.2, 0.25) is 0 Å². The van der Waals surface area contributed by atoms with Crippen molar-refractivity contribution >= 4 is 6.29 Å². The van der Waals surface area contributed by atoms with Crippen molar-refractivity contribution in [3.05, 3.63) is 24.8 Å². The molecule has 0 heterocycles. The Balaban J connectivity index is 3.26.